The van der Waals surface area contributed by atoms with E-state index >= 15 is 0 Å². The number of carbonyl (C=O) groups is 1. The molecule has 108 valence electrons. The van der Waals surface area contributed by atoms with Gasteiger partial charge in [0, 0.05) is 13.1 Å². The van der Waals surface area contributed by atoms with Crippen molar-refractivity contribution >= 4 is 21.9 Å². The number of ether oxygens (including phenoxy) is 1. The molecule has 0 aromatic carbocycles. The summed E-state index contributed by atoms with van der Waals surface area (Å²) < 4.78 is 7.98. The van der Waals surface area contributed by atoms with E-state index in [4.69, 9.17) is 4.74 Å². The van der Waals surface area contributed by atoms with E-state index in [2.05, 4.69) is 28.0 Å². The third kappa shape index (κ3) is 4.31. The Kier molecular flexibility index (Phi) is 6.51. The van der Waals surface area contributed by atoms with Crippen molar-refractivity contribution in [3.63, 3.8) is 0 Å². The van der Waals surface area contributed by atoms with Crippen LogP contribution in [0, 0.1) is 6.92 Å². The zero-order valence-corrected chi connectivity index (χ0v) is 13.7. The first-order valence-corrected chi connectivity index (χ1v) is 7.42. The molecular weight excluding hydrogens is 310 g/mol. The fraction of sp³-hybridized carbons (Fsp3) is 0.692. The van der Waals surface area contributed by atoms with Gasteiger partial charge in [0.2, 0.25) is 0 Å². The molecule has 0 fully saturated rings. The first-order chi connectivity index (χ1) is 9.03. The van der Waals surface area contributed by atoms with Gasteiger partial charge in [-0.1, -0.05) is 6.92 Å². The van der Waals surface area contributed by atoms with E-state index in [0.29, 0.717) is 19.7 Å². The maximum atomic E-state index is 11.5. The Labute approximate surface area is 123 Å². The molecule has 0 N–H and O–H groups in total. The van der Waals surface area contributed by atoms with Crippen molar-refractivity contribution in [2.45, 2.75) is 40.8 Å². The molecule has 0 saturated carbocycles. The van der Waals surface area contributed by atoms with Crippen LogP contribution >= 0.6 is 15.9 Å². The van der Waals surface area contributed by atoms with Crippen LogP contribution in [-0.2, 0) is 22.6 Å². The molecule has 0 bridgehead atoms. The highest BCUT2D eigenvalue weighted by Gasteiger charge is 2.17. The Hall–Kier alpha value is -0.880. The number of aromatic nitrogens is 2. The number of nitrogens with zero attached hydrogens (tertiary/aromatic N) is 3. The zero-order valence-electron chi connectivity index (χ0n) is 12.1. The smallest absolute Gasteiger partial charge is 0.320 e. The van der Waals surface area contributed by atoms with E-state index < -0.39 is 0 Å². The molecule has 19 heavy (non-hydrogen) atoms. The van der Waals surface area contributed by atoms with Crippen molar-refractivity contribution < 1.29 is 9.53 Å². The van der Waals surface area contributed by atoms with Gasteiger partial charge in [0.05, 0.1) is 29.0 Å². The van der Waals surface area contributed by atoms with Gasteiger partial charge in [-0.2, -0.15) is 5.10 Å². The molecule has 1 heterocycles. The minimum atomic E-state index is -0.181. The molecule has 1 aromatic heterocycles. The SMILES string of the molecule is CCOC(=O)CN(CC)Cc1c(Br)c(C)nn1CC. The summed E-state index contributed by atoms with van der Waals surface area (Å²) in [5.41, 5.74) is 2.08. The summed E-state index contributed by atoms with van der Waals surface area (Å²) in [6.45, 7) is 10.9. The Morgan fingerprint density at radius 1 is 1.42 bits per heavy atom. The lowest BCUT2D eigenvalue weighted by Crippen LogP contribution is -2.31. The van der Waals surface area contributed by atoms with Crippen molar-refractivity contribution in [3.8, 4) is 0 Å². The first kappa shape index (κ1) is 16.2. The number of carbonyl (C=O) groups excluding carboxylic acids is 1. The van der Waals surface area contributed by atoms with Crippen molar-refractivity contribution in [1.82, 2.24) is 14.7 Å². The summed E-state index contributed by atoms with van der Waals surface area (Å²) in [5, 5.41) is 4.46. The van der Waals surface area contributed by atoms with Crippen LogP contribution in [-0.4, -0.2) is 40.3 Å². The molecule has 0 atom stereocenters. The quantitative estimate of drug-likeness (QED) is 0.719. The van der Waals surface area contributed by atoms with Gasteiger partial charge in [-0.05, 0) is 43.2 Å². The molecule has 0 saturated heterocycles. The number of esters is 1. The molecule has 0 aliphatic carbocycles. The van der Waals surface area contributed by atoms with Gasteiger partial charge in [0.1, 0.15) is 0 Å². The summed E-state index contributed by atoms with van der Waals surface area (Å²) in [5.74, 6) is -0.181. The average molecular weight is 332 g/mol. The van der Waals surface area contributed by atoms with Crippen LogP contribution in [0.3, 0.4) is 0 Å². The molecule has 0 aliphatic heterocycles. The second-order valence-electron chi connectivity index (χ2n) is 4.27. The summed E-state index contributed by atoms with van der Waals surface area (Å²) >= 11 is 3.57. The van der Waals surface area contributed by atoms with Gasteiger partial charge < -0.3 is 4.74 Å². The van der Waals surface area contributed by atoms with Gasteiger partial charge in [-0.3, -0.25) is 14.4 Å². The Bertz CT molecular complexity index is 432. The first-order valence-electron chi connectivity index (χ1n) is 6.63. The fourth-order valence-corrected chi connectivity index (χ4v) is 2.31. The summed E-state index contributed by atoms with van der Waals surface area (Å²) in [6, 6.07) is 0. The van der Waals surface area contributed by atoms with Crippen molar-refractivity contribution in [1.29, 1.82) is 0 Å². The van der Waals surface area contributed by atoms with Crippen molar-refractivity contribution in [2.24, 2.45) is 0 Å². The number of rotatable bonds is 7. The average Bonchev–Trinajstić information content (AvgIpc) is 2.65. The van der Waals surface area contributed by atoms with Crippen LogP contribution in [0.5, 0.6) is 0 Å². The maximum absolute atomic E-state index is 11.5. The number of aryl methyl sites for hydroxylation is 2. The van der Waals surface area contributed by atoms with Gasteiger partial charge >= 0.3 is 5.97 Å². The predicted octanol–water partition coefficient (Wildman–Crippen LogP) is 2.36. The number of halogens is 1. The number of hydrogen-bond acceptors (Lipinski definition) is 4. The van der Waals surface area contributed by atoms with Crippen LogP contribution in [0.1, 0.15) is 32.2 Å². The normalized spacial score (nSPS) is 11.1. The predicted molar refractivity (Wildman–Crippen MR) is 77.9 cm³/mol. The summed E-state index contributed by atoms with van der Waals surface area (Å²) in [4.78, 5) is 13.6. The third-order valence-electron chi connectivity index (χ3n) is 2.93. The van der Waals surface area contributed by atoms with Gasteiger partial charge in [0.15, 0.2) is 0 Å². The van der Waals surface area contributed by atoms with E-state index in [-0.39, 0.29) is 5.97 Å². The van der Waals surface area contributed by atoms with Crippen molar-refractivity contribution in [3.05, 3.63) is 15.9 Å². The fourth-order valence-electron chi connectivity index (χ4n) is 1.90. The highest BCUT2D eigenvalue weighted by molar-refractivity contribution is 9.10. The summed E-state index contributed by atoms with van der Waals surface area (Å²) in [6.07, 6.45) is 0. The van der Waals surface area contributed by atoms with E-state index in [1.807, 2.05) is 30.4 Å². The molecule has 0 unspecified atom stereocenters. The molecule has 1 rings (SSSR count). The van der Waals surface area contributed by atoms with E-state index in [0.717, 1.165) is 29.0 Å². The molecule has 1 aromatic rings. The molecule has 0 aliphatic rings. The molecule has 6 heteroatoms. The third-order valence-corrected chi connectivity index (χ3v) is 3.96. The van der Waals surface area contributed by atoms with E-state index in [1.54, 1.807) is 0 Å². The van der Waals surface area contributed by atoms with Gasteiger partial charge in [-0.15, -0.1) is 0 Å². The maximum Gasteiger partial charge on any atom is 0.320 e. The lowest BCUT2D eigenvalue weighted by Gasteiger charge is -2.20. The Morgan fingerprint density at radius 2 is 2.11 bits per heavy atom. The highest BCUT2D eigenvalue weighted by Crippen LogP contribution is 2.22. The summed E-state index contributed by atoms with van der Waals surface area (Å²) in [7, 11) is 0. The largest absolute Gasteiger partial charge is 0.465 e. The lowest BCUT2D eigenvalue weighted by atomic mass is 10.3. The van der Waals surface area contributed by atoms with E-state index in [1.165, 1.54) is 0 Å². The Morgan fingerprint density at radius 3 is 2.63 bits per heavy atom. The number of hydrogen-bond donors (Lipinski definition) is 0. The van der Waals surface area contributed by atoms with Gasteiger partial charge in [-0.25, -0.2) is 0 Å². The molecule has 0 amide bonds. The molecule has 0 radical (unpaired) electrons. The second-order valence-corrected chi connectivity index (χ2v) is 5.06. The van der Waals surface area contributed by atoms with Crippen LogP contribution in [0.25, 0.3) is 0 Å². The minimum absolute atomic E-state index is 0.181. The van der Waals surface area contributed by atoms with Crippen molar-refractivity contribution in [2.75, 3.05) is 19.7 Å². The van der Waals surface area contributed by atoms with Crippen LogP contribution < -0.4 is 0 Å². The molecular formula is C13H22BrN3O2. The van der Waals surface area contributed by atoms with E-state index in [9.17, 15) is 4.79 Å². The molecule has 5 nitrogen and oxygen atoms in total. The lowest BCUT2D eigenvalue weighted by molar-refractivity contribution is -0.144. The monoisotopic (exact) mass is 331 g/mol. The minimum Gasteiger partial charge on any atom is -0.465 e. The van der Waals surface area contributed by atoms with Crippen LogP contribution in [0.4, 0.5) is 0 Å². The topological polar surface area (TPSA) is 47.4 Å². The molecule has 0 spiro atoms. The second kappa shape index (κ2) is 7.65. The standard InChI is InChI=1S/C13H22BrN3O2/c1-5-16(9-12(18)19-7-3)8-11-13(14)10(4)15-17(11)6-2/h5-9H2,1-4H3. The van der Waals surface area contributed by atoms with Crippen LogP contribution in [0.2, 0.25) is 0 Å². The van der Waals surface area contributed by atoms with Crippen LogP contribution in [0.15, 0.2) is 4.47 Å². The zero-order chi connectivity index (χ0) is 14.4. The highest BCUT2D eigenvalue weighted by atomic mass is 79.9. The van der Waals surface area contributed by atoms with Gasteiger partial charge in [0.25, 0.3) is 0 Å². The number of likely N-dealkylation sites (N-methyl/N-ethyl adjacent to an activating group) is 1. The Balaban J connectivity index is 2.78.